The zero-order chi connectivity index (χ0) is 33.7. The summed E-state index contributed by atoms with van der Waals surface area (Å²) in [5.74, 6) is 3.10. The van der Waals surface area contributed by atoms with Gasteiger partial charge in [0.2, 0.25) is 0 Å². The molecule has 0 spiro atoms. The number of aromatic nitrogens is 1. The molecule has 0 saturated heterocycles. The van der Waals surface area contributed by atoms with E-state index < -0.39 is 0 Å². The lowest BCUT2D eigenvalue weighted by molar-refractivity contribution is 0.473. The molecule has 10 rings (SSSR count). The zero-order valence-corrected chi connectivity index (χ0v) is 27.7. The quantitative estimate of drug-likeness (QED) is 0.189. The third kappa shape index (κ3) is 4.82. The Hall–Kier alpha value is -6.84. The molecule has 0 radical (unpaired) electrons. The van der Waals surface area contributed by atoms with Gasteiger partial charge in [-0.05, 0) is 65.2 Å². The summed E-state index contributed by atoms with van der Waals surface area (Å²) in [5.41, 5.74) is 11.6. The van der Waals surface area contributed by atoms with Crippen LogP contribution in [0.5, 0.6) is 23.0 Å². The molecule has 51 heavy (non-hydrogen) atoms. The van der Waals surface area contributed by atoms with E-state index in [-0.39, 0.29) is 0 Å². The van der Waals surface area contributed by atoms with Crippen molar-refractivity contribution in [3.63, 3.8) is 0 Å². The Morgan fingerprint density at radius 1 is 0.333 bits per heavy atom. The lowest BCUT2D eigenvalue weighted by atomic mass is 9.93. The van der Waals surface area contributed by atoms with Crippen molar-refractivity contribution in [2.24, 2.45) is 0 Å². The van der Waals surface area contributed by atoms with Crippen molar-refractivity contribution in [2.45, 2.75) is 0 Å². The smallest absolute Gasteiger partial charge is 0.143 e. The van der Waals surface area contributed by atoms with Gasteiger partial charge in [0.1, 0.15) is 23.0 Å². The van der Waals surface area contributed by atoms with E-state index in [4.69, 9.17) is 9.47 Å². The third-order valence-corrected chi connectivity index (χ3v) is 9.89. The Kier molecular flexibility index (Phi) is 6.81. The Balaban J connectivity index is 1.28. The molecule has 0 saturated carbocycles. The number of hydrogen-bond donors (Lipinski definition) is 0. The number of benzene rings is 8. The number of hydrogen-bond acceptors (Lipinski definition) is 2. The van der Waals surface area contributed by atoms with Gasteiger partial charge < -0.3 is 14.0 Å². The molecule has 0 atom stereocenters. The molecule has 3 heteroatoms. The number of para-hydroxylation sites is 5. The molecule has 0 N–H and O–H groups in total. The first-order valence-electron chi connectivity index (χ1n) is 17.3. The molecule has 0 aliphatic carbocycles. The highest BCUT2D eigenvalue weighted by Gasteiger charge is 2.25. The largest absolute Gasteiger partial charge is 0.456 e. The van der Waals surface area contributed by atoms with Crippen molar-refractivity contribution >= 4 is 21.8 Å². The van der Waals surface area contributed by atoms with Crippen molar-refractivity contribution in [1.29, 1.82) is 0 Å². The summed E-state index contributed by atoms with van der Waals surface area (Å²) in [6.07, 6.45) is 0. The Morgan fingerprint density at radius 3 is 1.67 bits per heavy atom. The van der Waals surface area contributed by atoms with Gasteiger partial charge in [0.25, 0.3) is 0 Å². The minimum absolute atomic E-state index is 0.763. The second kappa shape index (κ2) is 11.9. The van der Waals surface area contributed by atoms with Gasteiger partial charge in [-0.15, -0.1) is 0 Å². The van der Waals surface area contributed by atoms with E-state index in [1.165, 1.54) is 10.8 Å². The maximum absolute atomic E-state index is 7.37. The summed E-state index contributed by atoms with van der Waals surface area (Å²) in [6, 6.07) is 65.7. The van der Waals surface area contributed by atoms with Crippen molar-refractivity contribution in [1.82, 2.24) is 4.57 Å². The van der Waals surface area contributed by atoms with Crippen LogP contribution in [-0.2, 0) is 0 Å². The standard InChI is InChI=1S/C48H31NO2/c1-3-15-32(16-4-1)33-29-30-37-35-19-8-11-27-44(35)50-45-28-12-9-20-36(45)39-23-13-24-40(48(39)51-46(37)31-33)38-22-14-26-43-47(38)41-21-7-10-25-42(41)49(43)34-17-5-2-6-18-34/h1-31H. The van der Waals surface area contributed by atoms with Crippen LogP contribution in [0.2, 0.25) is 0 Å². The molecule has 2 heterocycles. The van der Waals surface area contributed by atoms with Crippen LogP contribution in [0.3, 0.4) is 0 Å². The lowest BCUT2D eigenvalue weighted by Gasteiger charge is -2.23. The van der Waals surface area contributed by atoms with E-state index in [9.17, 15) is 0 Å². The van der Waals surface area contributed by atoms with Crippen LogP contribution in [0, 0.1) is 0 Å². The van der Waals surface area contributed by atoms with Crippen LogP contribution >= 0.6 is 0 Å². The summed E-state index contributed by atoms with van der Waals surface area (Å²) in [4.78, 5) is 0. The predicted octanol–water partition coefficient (Wildman–Crippen LogP) is 13.3. The van der Waals surface area contributed by atoms with Crippen LogP contribution in [0.15, 0.2) is 188 Å². The van der Waals surface area contributed by atoms with Gasteiger partial charge in [-0.1, -0.05) is 140 Å². The third-order valence-electron chi connectivity index (χ3n) is 9.89. The average molecular weight is 654 g/mol. The van der Waals surface area contributed by atoms with Crippen molar-refractivity contribution < 1.29 is 9.47 Å². The van der Waals surface area contributed by atoms with E-state index in [0.717, 1.165) is 84.2 Å². The van der Waals surface area contributed by atoms with Crippen molar-refractivity contribution in [3.05, 3.63) is 188 Å². The molecular weight excluding hydrogens is 623 g/mol. The van der Waals surface area contributed by atoms with Crippen LogP contribution < -0.4 is 9.47 Å². The fraction of sp³-hybridized carbons (Fsp3) is 0. The minimum atomic E-state index is 0.763. The maximum Gasteiger partial charge on any atom is 0.143 e. The summed E-state index contributed by atoms with van der Waals surface area (Å²) in [6.45, 7) is 0. The highest BCUT2D eigenvalue weighted by Crippen LogP contribution is 2.51. The van der Waals surface area contributed by atoms with E-state index in [1.54, 1.807) is 0 Å². The lowest BCUT2D eigenvalue weighted by Crippen LogP contribution is -1.99. The van der Waals surface area contributed by atoms with Gasteiger partial charge in [-0.3, -0.25) is 0 Å². The summed E-state index contributed by atoms with van der Waals surface area (Å²) in [5, 5.41) is 2.37. The van der Waals surface area contributed by atoms with E-state index >= 15 is 0 Å². The monoisotopic (exact) mass is 653 g/mol. The molecule has 1 aliphatic rings. The zero-order valence-electron chi connectivity index (χ0n) is 27.7. The van der Waals surface area contributed by atoms with Gasteiger partial charge in [-0.25, -0.2) is 0 Å². The van der Waals surface area contributed by atoms with Crippen molar-refractivity contribution in [3.8, 4) is 73.2 Å². The first-order valence-corrected chi connectivity index (χ1v) is 17.3. The van der Waals surface area contributed by atoms with Crippen molar-refractivity contribution in [2.75, 3.05) is 0 Å². The second-order valence-electron chi connectivity index (χ2n) is 12.8. The number of fused-ring (bicyclic) bond motifs is 9. The van der Waals surface area contributed by atoms with Gasteiger partial charge in [-0.2, -0.15) is 0 Å². The Bertz CT molecular complexity index is 2740. The molecule has 240 valence electrons. The van der Waals surface area contributed by atoms with E-state index in [0.29, 0.717) is 0 Å². The van der Waals surface area contributed by atoms with Crippen LogP contribution in [-0.4, -0.2) is 4.57 Å². The summed E-state index contributed by atoms with van der Waals surface area (Å²) in [7, 11) is 0. The molecule has 0 bridgehead atoms. The normalized spacial score (nSPS) is 11.8. The second-order valence-corrected chi connectivity index (χ2v) is 12.8. The Morgan fingerprint density at radius 2 is 0.882 bits per heavy atom. The van der Waals surface area contributed by atoms with E-state index in [2.05, 4.69) is 162 Å². The molecule has 8 aromatic carbocycles. The molecule has 3 nitrogen and oxygen atoms in total. The van der Waals surface area contributed by atoms with Crippen LogP contribution in [0.4, 0.5) is 0 Å². The Labute approximate surface area is 296 Å². The van der Waals surface area contributed by atoms with Crippen LogP contribution in [0.1, 0.15) is 0 Å². The fourth-order valence-electron chi connectivity index (χ4n) is 7.59. The highest BCUT2D eigenvalue weighted by molar-refractivity contribution is 6.16. The summed E-state index contributed by atoms with van der Waals surface area (Å²) < 4.78 is 16.5. The first kappa shape index (κ1) is 29.1. The van der Waals surface area contributed by atoms with Gasteiger partial charge >= 0.3 is 0 Å². The molecule has 9 aromatic rings. The first-order chi connectivity index (χ1) is 25.3. The number of ether oxygens (including phenoxy) is 2. The molecule has 0 amide bonds. The van der Waals surface area contributed by atoms with Gasteiger partial charge in [0.15, 0.2) is 0 Å². The molecule has 1 aliphatic heterocycles. The highest BCUT2D eigenvalue weighted by atomic mass is 16.5. The molecular formula is C48H31NO2. The number of nitrogens with zero attached hydrogens (tertiary/aromatic N) is 1. The van der Waals surface area contributed by atoms with Gasteiger partial charge in [0.05, 0.1) is 11.0 Å². The topological polar surface area (TPSA) is 23.4 Å². The molecule has 1 aromatic heterocycles. The minimum Gasteiger partial charge on any atom is -0.456 e. The SMILES string of the molecule is c1ccc(-c2ccc3c(c2)Oc2c(cccc2-c2cccc4c2c2ccccc2n4-c2ccccc2)-c2ccccc2Oc2ccccc2-3)cc1. The van der Waals surface area contributed by atoms with Crippen LogP contribution in [0.25, 0.3) is 72.0 Å². The average Bonchev–Trinajstić information content (AvgIpc) is 3.54. The fourth-order valence-corrected chi connectivity index (χ4v) is 7.59. The summed E-state index contributed by atoms with van der Waals surface area (Å²) >= 11 is 0. The van der Waals surface area contributed by atoms with Gasteiger partial charge in [0, 0.05) is 44.3 Å². The molecule has 0 fully saturated rings. The number of rotatable bonds is 3. The molecule has 0 unspecified atom stereocenters. The predicted molar refractivity (Wildman–Crippen MR) is 209 cm³/mol. The van der Waals surface area contributed by atoms with E-state index in [1.807, 2.05) is 30.3 Å². The maximum atomic E-state index is 7.37.